The van der Waals surface area contributed by atoms with Gasteiger partial charge in [-0.2, -0.15) is 5.10 Å². The van der Waals surface area contributed by atoms with E-state index in [2.05, 4.69) is 29.2 Å². The lowest BCUT2D eigenvalue weighted by Crippen LogP contribution is -2.37. The molecule has 2 fully saturated rings. The van der Waals surface area contributed by atoms with Crippen molar-refractivity contribution in [3.05, 3.63) is 12.2 Å². The highest BCUT2D eigenvalue weighted by atomic mass is 16.5. The van der Waals surface area contributed by atoms with E-state index in [1.807, 2.05) is 4.68 Å². The van der Waals surface area contributed by atoms with Crippen LogP contribution in [0.25, 0.3) is 0 Å². The Hall–Kier alpha value is -0.940. The van der Waals surface area contributed by atoms with Crippen molar-refractivity contribution in [3.63, 3.8) is 0 Å². The molecule has 2 aliphatic heterocycles. The van der Waals surface area contributed by atoms with Crippen LogP contribution in [0.1, 0.15) is 45.0 Å². The first kappa shape index (κ1) is 11.2. The quantitative estimate of drug-likeness (QED) is 0.855. The summed E-state index contributed by atoms with van der Waals surface area (Å²) in [5.41, 5.74) is 0. The van der Waals surface area contributed by atoms with Gasteiger partial charge in [0.15, 0.2) is 0 Å². The molecule has 17 heavy (non-hydrogen) atoms. The van der Waals surface area contributed by atoms with Crippen molar-refractivity contribution in [2.75, 3.05) is 0 Å². The Labute approximate surface area is 102 Å². The second kappa shape index (κ2) is 4.38. The standard InChI is InChI=1S/C12H20N4O/c1-8(2)16-12(14-7-15-16)6-13-10-5-9-3-4-11(10)17-9/h7-11,13H,3-6H2,1-2H3. The fraction of sp³-hybridized carbons (Fsp3) is 0.833. The van der Waals surface area contributed by atoms with Crippen LogP contribution in [0.5, 0.6) is 0 Å². The Balaban J connectivity index is 1.59. The van der Waals surface area contributed by atoms with Gasteiger partial charge in [-0.05, 0) is 33.1 Å². The van der Waals surface area contributed by atoms with Crippen LogP contribution in [0.4, 0.5) is 0 Å². The molecule has 3 atom stereocenters. The van der Waals surface area contributed by atoms with Gasteiger partial charge in [-0.1, -0.05) is 0 Å². The molecule has 3 rings (SSSR count). The summed E-state index contributed by atoms with van der Waals surface area (Å²) >= 11 is 0. The van der Waals surface area contributed by atoms with Crippen LogP contribution < -0.4 is 5.32 Å². The summed E-state index contributed by atoms with van der Waals surface area (Å²) < 4.78 is 7.80. The number of aromatic nitrogens is 3. The topological polar surface area (TPSA) is 52.0 Å². The van der Waals surface area contributed by atoms with Crippen LogP contribution in [-0.4, -0.2) is 33.0 Å². The second-order valence-electron chi connectivity index (χ2n) is 5.31. The van der Waals surface area contributed by atoms with Gasteiger partial charge in [-0.3, -0.25) is 0 Å². The van der Waals surface area contributed by atoms with Crippen LogP contribution in [0.15, 0.2) is 6.33 Å². The minimum Gasteiger partial charge on any atom is -0.373 e. The summed E-state index contributed by atoms with van der Waals surface area (Å²) in [4.78, 5) is 4.31. The van der Waals surface area contributed by atoms with Crippen molar-refractivity contribution in [2.45, 2.75) is 63.9 Å². The van der Waals surface area contributed by atoms with E-state index in [1.165, 1.54) is 12.8 Å². The number of nitrogens with zero attached hydrogens (tertiary/aromatic N) is 3. The second-order valence-corrected chi connectivity index (χ2v) is 5.31. The monoisotopic (exact) mass is 236 g/mol. The predicted octanol–water partition coefficient (Wildman–Crippen LogP) is 1.27. The maximum Gasteiger partial charge on any atom is 0.141 e. The molecule has 0 spiro atoms. The third kappa shape index (κ3) is 2.09. The van der Waals surface area contributed by atoms with Crippen molar-refractivity contribution in [1.82, 2.24) is 20.1 Å². The van der Waals surface area contributed by atoms with Gasteiger partial charge in [-0.25, -0.2) is 9.67 Å². The molecule has 0 aromatic carbocycles. The van der Waals surface area contributed by atoms with Crippen LogP contribution in [0, 0.1) is 0 Å². The van der Waals surface area contributed by atoms with Gasteiger partial charge in [0.1, 0.15) is 12.2 Å². The van der Waals surface area contributed by atoms with Gasteiger partial charge in [0.05, 0.1) is 18.8 Å². The highest BCUT2D eigenvalue weighted by Crippen LogP contribution is 2.34. The Morgan fingerprint density at radius 1 is 1.53 bits per heavy atom. The molecule has 94 valence electrons. The van der Waals surface area contributed by atoms with Crippen molar-refractivity contribution in [2.24, 2.45) is 0 Å². The van der Waals surface area contributed by atoms with Crippen molar-refractivity contribution in [3.8, 4) is 0 Å². The molecule has 5 nitrogen and oxygen atoms in total. The zero-order valence-electron chi connectivity index (χ0n) is 10.5. The summed E-state index contributed by atoms with van der Waals surface area (Å²) in [5, 5.41) is 7.81. The van der Waals surface area contributed by atoms with Crippen molar-refractivity contribution in [1.29, 1.82) is 0 Å². The van der Waals surface area contributed by atoms with Crippen LogP contribution >= 0.6 is 0 Å². The zero-order chi connectivity index (χ0) is 11.8. The lowest BCUT2D eigenvalue weighted by molar-refractivity contribution is 0.0971. The SMILES string of the molecule is CC(C)n1ncnc1CNC1CC2CCC1O2. The maximum atomic E-state index is 5.83. The fourth-order valence-corrected chi connectivity index (χ4v) is 2.91. The van der Waals surface area contributed by atoms with E-state index in [0.717, 1.165) is 18.8 Å². The molecule has 5 heteroatoms. The summed E-state index contributed by atoms with van der Waals surface area (Å²) in [5.74, 6) is 1.02. The van der Waals surface area contributed by atoms with E-state index >= 15 is 0 Å². The molecule has 2 aliphatic rings. The molecule has 0 radical (unpaired) electrons. The lowest BCUT2D eigenvalue weighted by Gasteiger charge is -2.20. The Morgan fingerprint density at radius 2 is 2.41 bits per heavy atom. The van der Waals surface area contributed by atoms with Crippen LogP contribution in [0.2, 0.25) is 0 Å². The van der Waals surface area contributed by atoms with Crippen LogP contribution in [0.3, 0.4) is 0 Å². The highest BCUT2D eigenvalue weighted by molar-refractivity contribution is 4.95. The summed E-state index contributed by atoms with van der Waals surface area (Å²) in [6, 6.07) is 0.872. The van der Waals surface area contributed by atoms with Crippen molar-refractivity contribution < 1.29 is 4.74 Å². The van der Waals surface area contributed by atoms with E-state index in [9.17, 15) is 0 Å². The van der Waals surface area contributed by atoms with E-state index in [-0.39, 0.29) is 0 Å². The van der Waals surface area contributed by atoms with E-state index in [0.29, 0.717) is 24.3 Å². The number of rotatable bonds is 4. The highest BCUT2D eigenvalue weighted by Gasteiger charge is 2.40. The fourth-order valence-electron chi connectivity index (χ4n) is 2.91. The smallest absolute Gasteiger partial charge is 0.141 e. The number of hydrogen-bond acceptors (Lipinski definition) is 4. The molecule has 0 amide bonds. The van der Waals surface area contributed by atoms with Crippen molar-refractivity contribution >= 4 is 0 Å². The third-order valence-electron chi connectivity index (χ3n) is 3.76. The van der Waals surface area contributed by atoms with Crippen LogP contribution in [-0.2, 0) is 11.3 Å². The van der Waals surface area contributed by atoms with E-state index in [1.54, 1.807) is 6.33 Å². The molecule has 2 bridgehead atoms. The average molecular weight is 236 g/mol. The minimum atomic E-state index is 0.366. The predicted molar refractivity (Wildman–Crippen MR) is 63.5 cm³/mol. The first-order valence-electron chi connectivity index (χ1n) is 6.51. The first-order valence-corrected chi connectivity index (χ1v) is 6.51. The van der Waals surface area contributed by atoms with Gasteiger partial charge in [0, 0.05) is 12.1 Å². The summed E-state index contributed by atoms with van der Waals surface area (Å²) in [7, 11) is 0. The Kier molecular flexibility index (Phi) is 2.88. The molecule has 1 aromatic rings. The van der Waals surface area contributed by atoms with E-state index in [4.69, 9.17) is 4.74 Å². The average Bonchev–Trinajstić information content (AvgIpc) is 3.01. The number of fused-ring (bicyclic) bond motifs is 2. The third-order valence-corrected chi connectivity index (χ3v) is 3.76. The van der Waals surface area contributed by atoms with Gasteiger partial charge < -0.3 is 10.1 Å². The molecular formula is C12H20N4O. The number of hydrogen-bond donors (Lipinski definition) is 1. The molecule has 2 saturated heterocycles. The Morgan fingerprint density at radius 3 is 3.06 bits per heavy atom. The molecule has 1 N–H and O–H groups in total. The van der Waals surface area contributed by atoms with Gasteiger partial charge >= 0.3 is 0 Å². The summed E-state index contributed by atoms with van der Waals surface area (Å²) in [6.07, 6.45) is 6.16. The molecule has 3 heterocycles. The minimum absolute atomic E-state index is 0.366. The number of ether oxygens (including phenoxy) is 1. The summed E-state index contributed by atoms with van der Waals surface area (Å²) in [6.45, 7) is 5.03. The first-order chi connectivity index (χ1) is 8.24. The zero-order valence-corrected chi connectivity index (χ0v) is 10.5. The van der Waals surface area contributed by atoms with E-state index < -0.39 is 0 Å². The maximum absolute atomic E-state index is 5.83. The largest absolute Gasteiger partial charge is 0.373 e. The number of nitrogens with one attached hydrogen (secondary N) is 1. The van der Waals surface area contributed by atoms with Gasteiger partial charge in [-0.15, -0.1) is 0 Å². The molecule has 0 aliphatic carbocycles. The molecule has 1 aromatic heterocycles. The lowest BCUT2D eigenvalue weighted by atomic mass is 9.95. The Bertz CT molecular complexity index is 390. The molecule has 3 unspecified atom stereocenters. The van der Waals surface area contributed by atoms with Gasteiger partial charge in [0.25, 0.3) is 0 Å². The molecular weight excluding hydrogens is 216 g/mol. The molecule has 0 saturated carbocycles. The van der Waals surface area contributed by atoms with Gasteiger partial charge in [0.2, 0.25) is 0 Å². The normalized spacial score (nSPS) is 31.6.